The first-order valence-corrected chi connectivity index (χ1v) is 17.9. The third kappa shape index (κ3) is 25.1. The Bertz CT molecular complexity index is 594. The lowest BCUT2D eigenvalue weighted by molar-refractivity contribution is -0.164. The molecule has 0 aliphatic heterocycles. The molecular weight excluding hydrogens is 510 g/mol. The summed E-state index contributed by atoms with van der Waals surface area (Å²) in [7, 11) is 4.04. The van der Waals surface area contributed by atoms with Gasteiger partial charge in [0.25, 0.3) is 0 Å². The van der Waals surface area contributed by atoms with Crippen LogP contribution < -0.4 is 0 Å². The summed E-state index contributed by atoms with van der Waals surface area (Å²) in [5.41, 5.74) is 0. The fourth-order valence-electron chi connectivity index (χ4n) is 5.37. The highest BCUT2D eigenvalue weighted by atomic mass is 16.6. The first-order chi connectivity index (χ1) is 19.8. The van der Waals surface area contributed by atoms with E-state index in [-0.39, 0.29) is 36.5 Å². The molecule has 0 fully saturated rings. The van der Waals surface area contributed by atoms with E-state index in [9.17, 15) is 9.59 Å². The molecule has 0 rings (SSSR count). The Kier molecular flexibility index (Phi) is 28.2. The van der Waals surface area contributed by atoms with Crippen LogP contribution in [0, 0.1) is 11.8 Å². The predicted octanol–water partition coefficient (Wildman–Crippen LogP) is 10.3. The fraction of sp³-hybridized carbons (Fsp3) is 0.944. The monoisotopic (exact) mass is 582 g/mol. The zero-order chi connectivity index (χ0) is 30.6. The van der Waals surface area contributed by atoms with Gasteiger partial charge in [0.2, 0.25) is 0 Å². The number of hydrogen-bond donors (Lipinski definition) is 0. The standard InChI is InChI=1S/C36H71NO4/c1-7-10-13-16-18-21-24-27-33(26-23-20-15-12-9-3)36(39)40-31-34(28-25-22-19-17-14-11-8-2)41-35(38)32(4)29-30-37(5)6/h32-34H,7-31H2,1-6H3. The van der Waals surface area contributed by atoms with Gasteiger partial charge in [-0.25, -0.2) is 0 Å². The zero-order valence-electron chi connectivity index (χ0n) is 28.5. The molecule has 41 heavy (non-hydrogen) atoms. The van der Waals surface area contributed by atoms with Gasteiger partial charge in [-0.3, -0.25) is 9.59 Å². The minimum atomic E-state index is -0.340. The largest absolute Gasteiger partial charge is 0.462 e. The molecule has 244 valence electrons. The van der Waals surface area contributed by atoms with Crippen molar-refractivity contribution in [2.24, 2.45) is 11.8 Å². The first-order valence-electron chi connectivity index (χ1n) is 17.9. The van der Waals surface area contributed by atoms with Crippen molar-refractivity contribution in [2.45, 2.75) is 181 Å². The average molecular weight is 582 g/mol. The van der Waals surface area contributed by atoms with Gasteiger partial charge in [-0.05, 0) is 52.7 Å². The highest BCUT2D eigenvalue weighted by Gasteiger charge is 2.24. The van der Waals surface area contributed by atoms with E-state index in [2.05, 4.69) is 25.7 Å². The molecule has 5 nitrogen and oxygen atoms in total. The lowest BCUT2D eigenvalue weighted by Gasteiger charge is -2.23. The molecule has 0 heterocycles. The first kappa shape index (κ1) is 39.9. The van der Waals surface area contributed by atoms with Crippen LogP contribution >= 0.6 is 0 Å². The summed E-state index contributed by atoms with van der Waals surface area (Å²) in [5, 5.41) is 0. The lowest BCUT2D eigenvalue weighted by Crippen LogP contribution is -2.30. The van der Waals surface area contributed by atoms with E-state index < -0.39 is 0 Å². The number of carbonyl (C=O) groups is 2. The third-order valence-electron chi connectivity index (χ3n) is 8.38. The number of carbonyl (C=O) groups excluding carboxylic acids is 2. The highest BCUT2D eigenvalue weighted by molar-refractivity contribution is 5.73. The van der Waals surface area contributed by atoms with Crippen molar-refractivity contribution in [1.29, 1.82) is 0 Å². The van der Waals surface area contributed by atoms with Crippen molar-refractivity contribution in [3.8, 4) is 0 Å². The van der Waals surface area contributed by atoms with Crippen LogP contribution in [0.25, 0.3) is 0 Å². The molecule has 0 amide bonds. The Morgan fingerprint density at radius 3 is 1.41 bits per heavy atom. The summed E-state index contributed by atoms with van der Waals surface area (Å²) in [5.74, 6) is -0.418. The van der Waals surface area contributed by atoms with Crippen LogP contribution in [0.4, 0.5) is 0 Å². The Morgan fingerprint density at radius 2 is 0.976 bits per heavy atom. The van der Waals surface area contributed by atoms with Crippen molar-refractivity contribution >= 4 is 11.9 Å². The summed E-state index contributed by atoms with van der Waals surface area (Å²) in [6.45, 7) is 9.73. The highest BCUT2D eigenvalue weighted by Crippen LogP contribution is 2.22. The number of hydrogen-bond acceptors (Lipinski definition) is 5. The maximum absolute atomic E-state index is 13.3. The van der Waals surface area contributed by atoms with Gasteiger partial charge in [-0.2, -0.15) is 0 Å². The van der Waals surface area contributed by atoms with E-state index in [0.717, 1.165) is 57.9 Å². The summed E-state index contributed by atoms with van der Waals surface area (Å²) in [6, 6.07) is 0. The van der Waals surface area contributed by atoms with E-state index in [1.165, 1.54) is 96.3 Å². The normalized spacial score (nSPS) is 13.7. The zero-order valence-corrected chi connectivity index (χ0v) is 28.5. The van der Waals surface area contributed by atoms with Gasteiger partial charge in [-0.1, -0.05) is 143 Å². The number of ether oxygens (including phenoxy) is 2. The molecule has 0 saturated carbocycles. The van der Waals surface area contributed by atoms with Crippen LogP contribution in [-0.2, 0) is 19.1 Å². The van der Waals surface area contributed by atoms with Gasteiger partial charge in [0.1, 0.15) is 12.7 Å². The molecule has 0 saturated heterocycles. The average Bonchev–Trinajstić information content (AvgIpc) is 2.95. The van der Waals surface area contributed by atoms with E-state index in [1.54, 1.807) is 0 Å². The maximum Gasteiger partial charge on any atom is 0.309 e. The van der Waals surface area contributed by atoms with Crippen molar-refractivity contribution in [1.82, 2.24) is 4.90 Å². The molecule has 5 heteroatoms. The van der Waals surface area contributed by atoms with Crippen molar-refractivity contribution in [2.75, 3.05) is 27.2 Å². The molecule has 3 atom stereocenters. The summed E-state index contributed by atoms with van der Waals surface area (Å²) in [6.07, 6.45) is 26.4. The van der Waals surface area contributed by atoms with E-state index in [1.807, 2.05) is 21.0 Å². The second-order valence-corrected chi connectivity index (χ2v) is 12.9. The van der Waals surface area contributed by atoms with Crippen LogP contribution in [0.2, 0.25) is 0 Å². The van der Waals surface area contributed by atoms with Crippen LogP contribution in [0.5, 0.6) is 0 Å². The molecule has 3 unspecified atom stereocenters. The van der Waals surface area contributed by atoms with Gasteiger partial charge < -0.3 is 14.4 Å². The van der Waals surface area contributed by atoms with Crippen molar-refractivity contribution in [3.63, 3.8) is 0 Å². The second-order valence-electron chi connectivity index (χ2n) is 12.9. The Morgan fingerprint density at radius 1 is 0.561 bits per heavy atom. The molecule has 0 aromatic carbocycles. The quantitative estimate of drug-likeness (QED) is 0.0624. The fourth-order valence-corrected chi connectivity index (χ4v) is 5.37. The lowest BCUT2D eigenvalue weighted by atomic mass is 9.94. The minimum absolute atomic E-state index is 0.0267. The van der Waals surface area contributed by atoms with Crippen LogP contribution in [-0.4, -0.2) is 50.2 Å². The molecule has 0 spiro atoms. The number of esters is 2. The molecule has 0 aromatic heterocycles. The van der Waals surface area contributed by atoms with E-state index in [4.69, 9.17) is 9.47 Å². The van der Waals surface area contributed by atoms with Gasteiger partial charge in [0.15, 0.2) is 0 Å². The third-order valence-corrected chi connectivity index (χ3v) is 8.38. The second kappa shape index (κ2) is 29.0. The SMILES string of the molecule is CCCCCCCCCC(COC(=O)C(CCCCCCC)CCCCCCCCC)OC(=O)C(C)CCN(C)C. The summed E-state index contributed by atoms with van der Waals surface area (Å²) in [4.78, 5) is 28.2. The van der Waals surface area contributed by atoms with Gasteiger partial charge in [-0.15, -0.1) is 0 Å². The Balaban J connectivity index is 4.94. The van der Waals surface area contributed by atoms with Gasteiger partial charge in [0.05, 0.1) is 11.8 Å². The van der Waals surface area contributed by atoms with Gasteiger partial charge in [0, 0.05) is 0 Å². The molecule has 0 radical (unpaired) electrons. The summed E-state index contributed by atoms with van der Waals surface area (Å²) < 4.78 is 11.9. The smallest absolute Gasteiger partial charge is 0.309 e. The van der Waals surface area contributed by atoms with Crippen LogP contribution in [0.15, 0.2) is 0 Å². The van der Waals surface area contributed by atoms with Crippen molar-refractivity contribution in [3.05, 3.63) is 0 Å². The predicted molar refractivity (Wildman–Crippen MR) is 175 cm³/mol. The van der Waals surface area contributed by atoms with E-state index in [0.29, 0.717) is 0 Å². The maximum atomic E-state index is 13.3. The summed E-state index contributed by atoms with van der Waals surface area (Å²) >= 11 is 0. The van der Waals surface area contributed by atoms with Crippen LogP contribution in [0.3, 0.4) is 0 Å². The Hall–Kier alpha value is -1.10. The van der Waals surface area contributed by atoms with E-state index >= 15 is 0 Å². The minimum Gasteiger partial charge on any atom is -0.462 e. The molecule has 0 aromatic rings. The van der Waals surface area contributed by atoms with Crippen LogP contribution in [0.1, 0.15) is 175 Å². The molecule has 0 N–H and O–H groups in total. The van der Waals surface area contributed by atoms with Crippen molar-refractivity contribution < 1.29 is 19.1 Å². The molecule has 0 aliphatic carbocycles. The molecule has 0 aliphatic rings. The number of rotatable bonds is 30. The number of unbranched alkanes of at least 4 members (excludes halogenated alkanes) is 16. The molecule has 0 bridgehead atoms. The molecular formula is C36H71NO4. The van der Waals surface area contributed by atoms with Gasteiger partial charge >= 0.3 is 11.9 Å². The number of nitrogens with zero attached hydrogens (tertiary/aromatic N) is 1. The topological polar surface area (TPSA) is 55.8 Å². The Labute approximate surface area is 256 Å².